The molecule has 3 rings (SSSR count). The first-order chi connectivity index (χ1) is 12.4. The van der Waals surface area contributed by atoms with Gasteiger partial charge in [-0.05, 0) is 56.2 Å². The van der Waals surface area contributed by atoms with Crippen LogP contribution in [0.25, 0.3) is 11.0 Å². The van der Waals surface area contributed by atoms with Gasteiger partial charge in [0.25, 0.3) is 5.91 Å². The zero-order valence-electron chi connectivity index (χ0n) is 15.0. The molecule has 0 saturated carbocycles. The number of nitrogens with zero attached hydrogens (tertiary/aromatic N) is 2. The zero-order valence-corrected chi connectivity index (χ0v) is 15.0. The Morgan fingerprint density at radius 2 is 2.00 bits per heavy atom. The summed E-state index contributed by atoms with van der Waals surface area (Å²) in [5.41, 5.74) is 1.92. The molecule has 0 bridgehead atoms. The molecule has 0 aliphatic heterocycles. The first-order valence-corrected chi connectivity index (χ1v) is 8.49. The lowest BCUT2D eigenvalue weighted by Gasteiger charge is -2.13. The highest BCUT2D eigenvalue weighted by Crippen LogP contribution is 2.16. The fraction of sp³-hybridized carbons (Fsp3) is 0.250. The van der Waals surface area contributed by atoms with Gasteiger partial charge in [-0.25, -0.2) is 9.37 Å². The van der Waals surface area contributed by atoms with Crippen molar-refractivity contribution in [3.05, 3.63) is 69.4 Å². The molecule has 0 aliphatic rings. The molecule has 2 heterocycles. The minimum Gasteiger partial charge on any atom is -0.331 e. The van der Waals surface area contributed by atoms with Crippen LogP contribution >= 0.6 is 0 Å². The van der Waals surface area contributed by atoms with Crippen LogP contribution in [0.15, 0.2) is 41.3 Å². The van der Waals surface area contributed by atoms with E-state index < -0.39 is 5.91 Å². The predicted octanol–water partition coefficient (Wildman–Crippen LogP) is 3.81. The van der Waals surface area contributed by atoms with Crippen LogP contribution in [0.1, 0.15) is 35.0 Å². The van der Waals surface area contributed by atoms with E-state index in [4.69, 9.17) is 0 Å². The summed E-state index contributed by atoms with van der Waals surface area (Å²) in [6, 6.07) is 7.74. The normalized spacial score (nSPS) is 10.9. The number of rotatable bonds is 4. The van der Waals surface area contributed by atoms with Crippen molar-refractivity contribution in [3.8, 4) is 0 Å². The monoisotopic (exact) mass is 353 g/mol. The fourth-order valence-electron chi connectivity index (χ4n) is 2.85. The van der Waals surface area contributed by atoms with Crippen molar-refractivity contribution in [2.75, 3.05) is 5.32 Å². The molecule has 6 heteroatoms. The largest absolute Gasteiger partial charge is 0.331 e. The molecule has 0 radical (unpaired) electrons. The molecule has 0 atom stereocenters. The second kappa shape index (κ2) is 7.07. The van der Waals surface area contributed by atoms with Crippen molar-refractivity contribution in [2.24, 2.45) is 0 Å². The fourth-order valence-corrected chi connectivity index (χ4v) is 2.85. The molecule has 0 saturated heterocycles. The number of amides is 1. The zero-order chi connectivity index (χ0) is 18.8. The summed E-state index contributed by atoms with van der Waals surface area (Å²) < 4.78 is 15.2. The Morgan fingerprint density at radius 1 is 1.23 bits per heavy atom. The summed E-state index contributed by atoms with van der Waals surface area (Å²) in [5, 5.41) is 3.08. The van der Waals surface area contributed by atoms with Crippen LogP contribution in [-0.2, 0) is 6.54 Å². The third kappa shape index (κ3) is 3.35. The summed E-state index contributed by atoms with van der Waals surface area (Å²) in [6.07, 6.45) is 2.39. The van der Waals surface area contributed by atoms with E-state index in [1.54, 1.807) is 25.3 Å². The molecule has 2 aromatic heterocycles. The molecule has 26 heavy (non-hydrogen) atoms. The maximum atomic E-state index is 13.4. The number of carbonyl (C=O) groups excluding carboxylic acids is 1. The predicted molar refractivity (Wildman–Crippen MR) is 100 cm³/mol. The average molecular weight is 353 g/mol. The van der Waals surface area contributed by atoms with E-state index in [1.807, 2.05) is 18.4 Å². The van der Waals surface area contributed by atoms with Crippen molar-refractivity contribution in [3.63, 3.8) is 0 Å². The second-order valence-electron chi connectivity index (χ2n) is 6.31. The molecule has 5 nitrogen and oxygen atoms in total. The first-order valence-electron chi connectivity index (χ1n) is 8.49. The summed E-state index contributed by atoms with van der Waals surface area (Å²) in [6.45, 7) is 6.13. The quantitative estimate of drug-likeness (QED) is 0.776. The van der Waals surface area contributed by atoms with E-state index in [1.165, 1.54) is 18.2 Å². The molecule has 134 valence electrons. The van der Waals surface area contributed by atoms with Gasteiger partial charge in [0.2, 0.25) is 5.43 Å². The van der Waals surface area contributed by atoms with Crippen LogP contribution < -0.4 is 10.7 Å². The number of halogens is 1. The summed E-state index contributed by atoms with van der Waals surface area (Å²) >= 11 is 0. The number of hydrogen-bond donors (Lipinski definition) is 1. The molecule has 0 unspecified atom stereocenters. The van der Waals surface area contributed by atoms with Crippen LogP contribution in [-0.4, -0.2) is 15.5 Å². The van der Waals surface area contributed by atoms with Gasteiger partial charge in [0.15, 0.2) is 0 Å². The summed E-state index contributed by atoms with van der Waals surface area (Å²) in [4.78, 5) is 29.9. The number of carbonyl (C=O) groups is 1. The maximum Gasteiger partial charge on any atom is 0.261 e. The average Bonchev–Trinajstić information content (AvgIpc) is 2.60. The number of nitrogens with one attached hydrogen (secondary N) is 1. The lowest BCUT2D eigenvalue weighted by atomic mass is 10.1. The number of fused-ring (bicyclic) bond motifs is 1. The molecule has 0 spiro atoms. The molecular formula is C20H20FN3O2. The smallest absolute Gasteiger partial charge is 0.261 e. The van der Waals surface area contributed by atoms with Gasteiger partial charge >= 0.3 is 0 Å². The lowest BCUT2D eigenvalue weighted by Crippen LogP contribution is -2.24. The van der Waals surface area contributed by atoms with Crippen LogP contribution in [0.4, 0.5) is 10.1 Å². The van der Waals surface area contributed by atoms with E-state index in [2.05, 4.69) is 10.3 Å². The van der Waals surface area contributed by atoms with Crippen molar-refractivity contribution in [1.82, 2.24) is 9.55 Å². The van der Waals surface area contributed by atoms with Gasteiger partial charge in [-0.2, -0.15) is 0 Å². The minimum absolute atomic E-state index is 0.0404. The van der Waals surface area contributed by atoms with Crippen LogP contribution in [0, 0.1) is 19.7 Å². The molecular weight excluding hydrogens is 333 g/mol. The van der Waals surface area contributed by atoms with Gasteiger partial charge in [-0.3, -0.25) is 9.59 Å². The topological polar surface area (TPSA) is 64.0 Å². The summed E-state index contributed by atoms with van der Waals surface area (Å²) in [7, 11) is 0. The van der Waals surface area contributed by atoms with Gasteiger partial charge in [0, 0.05) is 24.1 Å². The number of anilines is 1. The van der Waals surface area contributed by atoms with Crippen molar-refractivity contribution in [1.29, 1.82) is 0 Å². The van der Waals surface area contributed by atoms with Crippen LogP contribution in [0.5, 0.6) is 0 Å². The van der Waals surface area contributed by atoms with Crippen LogP contribution in [0.3, 0.4) is 0 Å². The minimum atomic E-state index is -0.520. The highest BCUT2D eigenvalue weighted by molar-refractivity contribution is 6.05. The van der Waals surface area contributed by atoms with Crippen LogP contribution in [0.2, 0.25) is 0 Å². The van der Waals surface area contributed by atoms with Gasteiger partial charge in [0.1, 0.15) is 17.0 Å². The molecule has 1 aromatic carbocycles. The molecule has 3 aromatic rings. The third-order valence-electron chi connectivity index (χ3n) is 4.19. The Labute approximate surface area is 150 Å². The van der Waals surface area contributed by atoms with Crippen molar-refractivity contribution < 1.29 is 9.18 Å². The maximum absolute atomic E-state index is 13.4. The van der Waals surface area contributed by atoms with Crippen molar-refractivity contribution in [2.45, 2.75) is 33.7 Å². The number of hydrogen-bond acceptors (Lipinski definition) is 3. The Bertz CT molecular complexity index is 1060. The molecule has 1 amide bonds. The highest BCUT2D eigenvalue weighted by Gasteiger charge is 2.16. The standard InChI is InChI=1S/C20H20FN3O2/c1-4-9-24-11-16(18(25)15-7-5-13(3)22-19(15)24)20(26)23-14-6-8-17(21)12(2)10-14/h5-8,10-11H,4,9H2,1-3H3,(H,23,26). The Kier molecular flexibility index (Phi) is 4.84. The van der Waals surface area contributed by atoms with Gasteiger partial charge in [-0.15, -0.1) is 0 Å². The highest BCUT2D eigenvalue weighted by atomic mass is 19.1. The van der Waals surface area contributed by atoms with E-state index >= 15 is 0 Å². The lowest BCUT2D eigenvalue weighted by molar-refractivity contribution is 0.102. The van der Waals surface area contributed by atoms with E-state index in [9.17, 15) is 14.0 Å². The SMILES string of the molecule is CCCn1cc(C(=O)Nc2ccc(F)c(C)c2)c(=O)c2ccc(C)nc21. The summed E-state index contributed by atoms with van der Waals surface area (Å²) in [5.74, 6) is -0.867. The van der Waals surface area contributed by atoms with E-state index in [0.29, 0.717) is 28.8 Å². The van der Waals surface area contributed by atoms with Crippen molar-refractivity contribution >= 4 is 22.6 Å². The van der Waals surface area contributed by atoms with Gasteiger partial charge in [-0.1, -0.05) is 6.92 Å². The Hall–Kier alpha value is -3.02. The number of pyridine rings is 2. The first kappa shape index (κ1) is 17.8. The number of aryl methyl sites for hydroxylation is 3. The molecule has 1 N–H and O–H groups in total. The van der Waals surface area contributed by atoms with Gasteiger partial charge in [0.05, 0.1) is 5.39 Å². The van der Waals surface area contributed by atoms with E-state index in [0.717, 1.165) is 12.1 Å². The molecule has 0 aliphatic carbocycles. The Morgan fingerprint density at radius 3 is 2.69 bits per heavy atom. The Balaban J connectivity index is 2.07. The molecule has 0 fully saturated rings. The second-order valence-corrected chi connectivity index (χ2v) is 6.31. The van der Waals surface area contributed by atoms with Gasteiger partial charge < -0.3 is 9.88 Å². The number of benzene rings is 1. The number of aromatic nitrogens is 2. The third-order valence-corrected chi connectivity index (χ3v) is 4.19. The van der Waals surface area contributed by atoms with E-state index in [-0.39, 0.29) is 16.8 Å².